The molecular formula is C22H23ClN4O2. The van der Waals surface area contributed by atoms with Crippen molar-refractivity contribution in [2.45, 2.75) is 26.3 Å². The smallest absolute Gasteiger partial charge is 0.255 e. The SMILES string of the molecule is CNC(=O)c1ccc(CNC(=O)c2cnn(-c3ccc(Cl)cc3)c2C(C)C)cc1. The van der Waals surface area contributed by atoms with E-state index in [0.29, 0.717) is 22.7 Å². The summed E-state index contributed by atoms with van der Waals surface area (Å²) in [6.07, 6.45) is 1.59. The monoisotopic (exact) mass is 410 g/mol. The fourth-order valence-electron chi connectivity index (χ4n) is 3.07. The Morgan fingerprint density at radius 1 is 1.03 bits per heavy atom. The highest BCUT2D eigenvalue weighted by Gasteiger charge is 2.20. The first kappa shape index (κ1) is 20.6. The molecule has 0 radical (unpaired) electrons. The second kappa shape index (κ2) is 8.92. The van der Waals surface area contributed by atoms with Gasteiger partial charge in [-0.3, -0.25) is 9.59 Å². The third kappa shape index (κ3) is 4.66. The van der Waals surface area contributed by atoms with Crippen LogP contribution in [0.25, 0.3) is 5.69 Å². The maximum atomic E-state index is 12.8. The maximum Gasteiger partial charge on any atom is 0.255 e. The van der Waals surface area contributed by atoms with E-state index in [1.807, 2.05) is 38.1 Å². The van der Waals surface area contributed by atoms with Crippen molar-refractivity contribution in [3.8, 4) is 5.69 Å². The highest BCUT2D eigenvalue weighted by atomic mass is 35.5. The lowest BCUT2D eigenvalue weighted by Crippen LogP contribution is -2.24. The predicted molar refractivity (Wildman–Crippen MR) is 114 cm³/mol. The van der Waals surface area contributed by atoms with Crippen molar-refractivity contribution >= 4 is 23.4 Å². The fourth-order valence-corrected chi connectivity index (χ4v) is 3.20. The van der Waals surface area contributed by atoms with E-state index in [1.165, 1.54) is 0 Å². The van der Waals surface area contributed by atoms with Gasteiger partial charge >= 0.3 is 0 Å². The Hall–Kier alpha value is -3.12. The van der Waals surface area contributed by atoms with Crippen molar-refractivity contribution in [1.82, 2.24) is 20.4 Å². The number of amides is 2. The summed E-state index contributed by atoms with van der Waals surface area (Å²) in [7, 11) is 1.59. The molecule has 0 aliphatic rings. The maximum absolute atomic E-state index is 12.8. The van der Waals surface area contributed by atoms with Gasteiger partial charge in [-0.05, 0) is 47.9 Å². The van der Waals surface area contributed by atoms with E-state index in [-0.39, 0.29) is 17.7 Å². The van der Waals surface area contributed by atoms with Crippen LogP contribution in [0.2, 0.25) is 5.02 Å². The Bertz CT molecular complexity index is 1010. The van der Waals surface area contributed by atoms with Gasteiger partial charge in [-0.15, -0.1) is 0 Å². The van der Waals surface area contributed by atoms with Crippen LogP contribution < -0.4 is 10.6 Å². The topological polar surface area (TPSA) is 76.0 Å². The van der Waals surface area contributed by atoms with Crippen LogP contribution in [0, 0.1) is 0 Å². The third-order valence-electron chi connectivity index (χ3n) is 4.57. The zero-order valence-corrected chi connectivity index (χ0v) is 17.3. The van der Waals surface area contributed by atoms with Crippen molar-refractivity contribution in [3.05, 3.63) is 82.1 Å². The Morgan fingerprint density at radius 2 is 1.69 bits per heavy atom. The number of nitrogens with one attached hydrogen (secondary N) is 2. The van der Waals surface area contributed by atoms with Gasteiger partial charge in [0.05, 0.1) is 23.1 Å². The molecule has 6 nitrogen and oxygen atoms in total. The minimum atomic E-state index is -0.190. The Morgan fingerprint density at radius 3 is 2.28 bits per heavy atom. The van der Waals surface area contributed by atoms with Crippen molar-refractivity contribution in [2.24, 2.45) is 0 Å². The number of rotatable bonds is 6. The van der Waals surface area contributed by atoms with Crippen LogP contribution in [-0.4, -0.2) is 28.6 Å². The molecule has 2 N–H and O–H groups in total. The highest BCUT2D eigenvalue weighted by Crippen LogP contribution is 2.24. The molecule has 150 valence electrons. The molecule has 0 saturated heterocycles. The summed E-state index contributed by atoms with van der Waals surface area (Å²) in [4.78, 5) is 24.4. The summed E-state index contributed by atoms with van der Waals surface area (Å²) in [5, 5.41) is 10.6. The van der Waals surface area contributed by atoms with Crippen LogP contribution in [0.4, 0.5) is 0 Å². The molecule has 1 heterocycles. The van der Waals surface area contributed by atoms with Gasteiger partial charge in [0.1, 0.15) is 0 Å². The van der Waals surface area contributed by atoms with E-state index in [9.17, 15) is 9.59 Å². The van der Waals surface area contributed by atoms with Crippen LogP contribution >= 0.6 is 11.6 Å². The molecule has 0 fully saturated rings. The number of hydrogen-bond acceptors (Lipinski definition) is 3. The fraction of sp³-hybridized carbons (Fsp3) is 0.227. The number of hydrogen-bond donors (Lipinski definition) is 2. The largest absolute Gasteiger partial charge is 0.355 e. The Balaban J connectivity index is 1.77. The molecule has 2 aromatic carbocycles. The number of aromatic nitrogens is 2. The summed E-state index contributed by atoms with van der Waals surface area (Å²) in [6, 6.07) is 14.5. The predicted octanol–water partition coefficient (Wildman–Crippen LogP) is 3.94. The molecular weight excluding hydrogens is 388 g/mol. The zero-order valence-electron chi connectivity index (χ0n) is 16.6. The van der Waals surface area contributed by atoms with Gasteiger partial charge in [0.15, 0.2) is 0 Å². The van der Waals surface area contributed by atoms with Crippen LogP contribution in [0.3, 0.4) is 0 Å². The number of benzene rings is 2. The summed E-state index contributed by atoms with van der Waals surface area (Å²) in [6.45, 7) is 4.41. The van der Waals surface area contributed by atoms with E-state index in [2.05, 4.69) is 15.7 Å². The molecule has 3 rings (SSSR count). The van der Waals surface area contributed by atoms with E-state index >= 15 is 0 Å². The summed E-state index contributed by atoms with van der Waals surface area (Å²) in [5.74, 6) is -0.234. The number of halogens is 1. The second-order valence-corrected chi connectivity index (χ2v) is 7.38. The van der Waals surface area contributed by atoms with Gasteiger partial charge in [0, 0.05) is 24.2 Å². The molecule has 2 amide bonds. The van der Waals surface area contributed by atoms with E-state index in [1.54, 1.807) is 42.2 Å². The number of nitrogens with zero attached hydrogens (tertiary/aromatic N) is 2. The molecule has 7 heteroatoms. The van der Waals surface area contributed by atoms with Crippen molar-refractivity contribution in [2.75, 3.05) is 7.05 Å². The van der Waals surface area contributed by atoms with E-state index in [0.717, 1.165) is 16.9 Å². The van der Waals surface area contributed by atoms with Crippen molar-refractivity contribution in [1.29, 1.82) is 0 Å². The molecule has 0 aliphatic carbocycles. The molecule has 1 aromatic heterocycles. The number of carbonyl (C=O) groups is 2. The first-order valence-electron chi connectivity index (χ1n) is 9.33. The van der Waals surface area contributed by atoms with Crippen LogP contribution in [0.1, 0.15) is 51.7 Å². The normalized spacial score (nSPS) is 10.8. The van der Waals surface area contributed by atoms with Gasteiger partial charge in [-0.2, -0.15) is 5.10 Å². The first-order valence-corrected chi connectivity index (χ1v) is 9.71. The second-order valence-electron chi connectivity index (χ2n) is 6.95. The molecule has 0 bridgehead atoms. The lowest BCUT2D eigenvalue weighted by molar-refractivity contribution is 0.0945. The van der Waals surface area contributed by atoms with Gasteiger partial charge in [-0.1, -0.05) is 37.6 Å². The standard InChI is InChI=1S/C22H23ClN4O2/c1-14(2)20-19(13-26-27(20)18-10-8-17(23)9-11-18)22(29)25-12-15-4-6-16(7-5-15)21(28)24-3/h4-11,13-14H,12H2,1-3H3,(H,24,28)(H,25,29). The molecule has 0 saturated carbocycles. The summed E-state index contributed by atoms with van der Waals surface area (Å²) >= 11 is 5.98. The molecule has 3 aromatic rings. The molecule has 0 aliphatic heterocycles. The number of carbonyl (C=O) groups excluding carboxylic acids is 2. The van der Waals surface area contributed by atoms with Gasteiger partial charge in [-0.25, -0.2) is 4.68 Å². The molecule has 29 heavy (non-hydrogen) atoms. The van der Waals surface area contributed by atoms with Gasteiger partial charge in [0.25, 0.3) is 11.8 Å². The molecule has 0 atom stereocenters. The molecule has 0 unspecified atom stereocenters. The van der Waals surface area contributed by atoms with Gasteiger partial charge < -0.3 is 10.6 Å². The van der Waals surface area contributed by atoms with Gasteiger partial charge in [0.2, 0.25) is 0 Å². The van der Waals surface area contributed by atoms with E-state index < -0.39 is 0 Å². The van der Waals surface area contributed by atoms with Crippen LogP contribution in [-0.2, 0) is 6.54 Å². The minimum Gasteiger partial charge on any atom is -0.355 e. The summed E-state index contributed by atoms with van der Waals surface area (Å²) in [5.41, 5.74) is 3.70. The average molecular weight is 411 g/mol. The van der Waals surface area contributed by atoms with Crippen molar-refractivity contribution < 1.29 is 9.59 Å². The van der Waals surface area contributed by atoms with E-state index in [4.69, 9.17) is 11.6 Å². The average Bonchev–Trinajstić information content (AvgIpc) is 3.18. The first-order chi connectivity index (χ1) is 13.9. The quantitative estimate of drug-likeness (QED) is 0.646. The lowest BCUT2D eigenvalue weighted by atomic mass is 10.0. The molecule has 0 spiro atoms. The minimum absolute atomic E-state index is 0.0979. The highest BCUT2D eigenvalue weighted by molar-refractivity contribution is 6.30. The zero-order chi connectivity index (χ0) is 21.0. The third-order valence-corrected chi connectivity index (χ3v) is 4.82. The summed E-state index contributed by atoms with van der Waals surface area (Å²) < 4.78 is 1.77. The van der Waals surface area contributed by atoms with Crippen molar-refractivity contribution in [3.63, 3.8) is 0 Å². The Kier molecular flexibility index (Phi) is 6.34. The Labute approximate surface area is 174 Å². The lowest BCUT2D eigenvalue weighted by Gasteiger charge is -2.13. The van der Waals surface area contributed by atoms with Crippen LogP contribution in [0.5, 0.6) is 0 Å². The van der Waals surface area contributed by atoms with Crippen LogP contribution in [0.15, 0.2) is 54.7 Å².